The van der Waals surface area contributed by atoms with Gasteiger partial charge in [-0.3, -0.25) is 0 Å². The van der Waals surface area contributed by atoms with Gasteiger partial charge in [-0.25, -0.2) is 18.3 Å². The minimum Gasteiger partial charge on any atom is -0.338 e. The first-order chi connectivity index (χ1) is 13.0. The Balaban J connectivity index is 1.47. The van der Waals surface area contributed by atoms with Crippen LogP contribution >= 0.6 is 0 Å². The third-order valence-corrected chi connectivity index (χ3v) is 4.15. The number of para-hydroxylation sites is 1. The fourth-order valence-electron chi connectivity index (χ4n) is 2.64. The monoisotopic (exact) mass is 370 g/mol. The molecule has 1 heterocycles. The van der Waals surface area contributed by atoms with Gasteiger partial charge in [0.15, 0.2) is 11.6 Å². The van der Waals surface area contributed by atoms with Gasteiger partial charge in [0, 0.05) is 12.7 Å². The van der Waals surface area contributed by atoms with E-state index in [1.165, 1.54) is 6.07 Å². The van der Waals surface area contributed by atoms with Crippen molar-refractivity contribution in [2.75, 3.05) is 6.54 Å². The normalized spacial score (nSPS) is 11.8. The van der Waals surface area contributed by atoms with Gasteiger partial charge in [0.1, 0.15) is 0 Å². The molecule has 1 unspecified atom stereocenters. The number of benzene rings is 2. The average Bonchev–Trinajstić information content (AvgIpc) is 3.13. The van der Waals surface area contributed by atoms with Crippen molar-refractivity contribution in [2.24, 2.45) is 0 Å². The van der Waals surface area contributed by atoms with Gasteiger partial charge in [0.25, 0.3) is 0 Å². The number of rotatable bonds is 6. The van der Waals surface area contributed by atoms with Gasteiger partial charge in [-0.05, 0) is 48.7 Å². The smallest absolute Gasteiger partial charge is 0.315 e. The Morgan fingerprint density at radius 2 is 1.93 bits per heavy atom. The molecule has 5 nitrogen and oxygen atoms in total. The third-order valence-electron chi connectivity index (χ3n) is 4.15. The summed E-state index contributed by atoms with van der Waals surface area (Å²) < 4.78 is 28.0. The highest BCUT2D eigenvalue weighted by molar-refractivity contribution is 5.74. The van der Waals surface area contributed by atoms with E-state index in [2.05, 4.69) is 15.7 Å². The van der Waals surface area contributed by atoms with Crippen molar-refractivity contribution in [3.63, 3.8) is 0 Å². The Labute approximate surface area is 156 Å². The van der Waals surface area contributed by atoms with E-state index < -0.39 is 17.7 Å². The standard InChI is InChI=1S/C20H20F2N4O/c1-14(16-7-8-18(21)19(22)11-16)25-20(27)23-10-9-15-12-24-26(13-15)17-5-3-2-4-6-17/h2-8,11-14H,9-10H2,1H3,(H2,23,25,27). The second-order valence-corrected chi connectivity index (χ2v) is 6.17. The van der Waals surface area contributed by atoms with Crippen LogP contribution in [-0.4, -0.2) is 22.4 Å². The van der Waals surface area contributed by atoms with Crippen LogP contribution in [0, 0.1) is 11.6 Å². The molecule has 0 aliphatic carbocycles. The maximum atomic E-state index is 13.3. The lowest BCUT2D eigenvalue weighted by molar-refractivity contribution is 0.238. The summed E-state index contributed by atoms with van der Waals surface area (Å²) in [5.74, 6) is -1.84. The third kappa shape index (κ3) is 4.91. The fourth-order valence-corrected chi connectivity index (χ4v) is 2.64. The van der Waals surface area contributed by atoms with Crippen molar-refractivity contribution < 1.29 is 13.6 Å². The minimum atomic E-state index is -0.933. The van der Waals surface area contributed by atoms with E-state index in [0.717, 1.165) is 23.4 Å². The number of aromatic nitrogens is 2. The molecule has 3 rings (SSSR count). The lowest BCUT2D eigenvalue weighted by atomic mass is 10.1. The zero-order valence-electron chi connectivity index (χ0n) is 14.8. The predicted octanol–water partition coefficient (Wildman–Crippen LogP) is 3.75. The first kappa shape index (κ1) is 18.6. The number of nitrogens with zero attached hydrogens (tertiary/aromatic N) is 2. The molecule has 7 heteroatoms. The molecule has 2 amide bonds. The number of urea groups is 1. The zero-order chi connectivity index (χ0) is 19.2. The van der Waals surface area contributed by atoms with Gasteiger partial charge in [0.2, 0.25) is 0 Å². The van der Waals surface area contributed by atoms with E-state index in [1.54, 1.807) is 17.8 Å². The molecule has 0 saturated heterocycles. The molecule has 1 aromatic heterocycles. The van der Waals surface area contributed by atoms with Crippen LogP contribution in [0.5, 0.6) is 0 Å². The Hall–Kier alpha value is -3.22. The summed E-state index contributed by atoms with van der Waals surface area (Å²) in [7, 11) is 0. The second-order valence-electron chi connectivity index (χ2n) is 6.17. The van der Waals surface area contributed by atoms with Crippen LogP contribution in [0.3, 0.4) is 0 Å². The first-order valence-corrected chi connectivity index (χ1v) is 8.61. The number of nitrogens with one attached hydrogen (secondary N) is 2. The van der Waals surface area contributed by atoms with Crippen LogP contribution in [0.25, 0.3) is 5.69 Å². The van der Waals surface area contributed by atoms with Crippen molar-refractivity contribution in [1.29, 1.82) is 0 Å². The molecule has 140 valence electrons. The SMILES string of the molecule is CC(NC(=O)NCCc1cnn(-c2ccccc2)c1)c1ccc(F)c(F)c1. The molecule has 0 bridgehead atoms. The largest absolute Gasteiger partial charge is 0.338 e. The van der Waals surface area contributed by atoms with E-state index in [1.807, 2.05) is 36.5 Å². The van der Waals surface area contributed by atoms with E-state index in [0.29, 0.717) is 18.5 Å². The molecule has 1 atom stereocenters. The highest BCUT2D eigenvalue weighted by Gasteiger charge is 2.12. The van der Waals surface area contributed by atoms with Crippen LogP contribution in [0.4, 0.5) is 13.6 Å². The quantitative estimate of drug-likeness (QED) is 0.694. The topological polar surface area (TPSA) is 59.0 Å². The minimum absolute atomic E-state index is 0.373. The van der Waals surface area contributed by atoms with E-state index in [4.69, 9.17) is 0 Å². The van der Waals surface area contributed by atoms with Gasteiger partial charge >= 0.3 is 6.03 Å². The second kappa shape index (κ2) is 8.44. The van der Waals surface area contributed by atoms with Crippen LogP contribution in [-0.2, 0) is 6.42 Å². The van der Waals surface area contributed by atoms with Crippen molar-refractivity contribution in [3.8, 4) is 5.69 Å². The maximum Gasteiger partial charge on any atom is 0.315 e. The summed E-state index contributed by atoms with van der Waals surface area (Å²) in [6.07, 6.45) is 4.30. The van der Waals surface area contributed by atoms with Crippen molar-refractivity contribution in [1.82, 2.24) is 20.4 Å². The summed E-state index contributed by atoms with van der Waals surface area (Å²) in [4.78, 5) is 12.0. The van der Waals surface area contributed by atoms with Gasteiger partial charge in [0.05, 0.1) is 17.9 Å². The summed E-state index contributed by atoms with van der Waals surface area (Å²) >= 11 is 0. The number of hydrogen-bond donors (Lipinski definition) is 2. The molecule has 0 spiro atoms. The molecule has 0 saturated carbocycles. The number of halogens is 2. The van der Waals surface area contributed by atoms with Crippen LogP contribution in [0.1, 0.15) is 24.1 Å². The maximum absolute atomic E-state index is 13.3. The molecule has 0 aliphatic heterocycles. The number of carbonyl (C=O) groups excluding carboxylic acids is 1. The highest BCUT2D eigenvalue weighted by Crippen LogP contribution is 2.15. The van der Waals surface area contributed by atoms with Gasteiger partial charge in [-0.1, -0.05) is 24.3 Å². The molecule has 3 aromatic rings. The molecular weight excluding hydrogens is 350 g/mol. The first-order valence-electron chi connectivity index (χ1n) is 8.61. The Morgan fingerprint density at radius 3 is 2.67 bits per heavy atom. The zero-order valence-corrected chi connectivity index (χ0v) is 14.8. The van der Waals surface area contributed by atoms with E-state index in [-0.39, 0.29) is 6.03 Å². The van der Waals surface area contributed by atoms with Gasteiger partial charge in [-0.2, -0.15) is 5.10 Å². The summed E-state index contributed by atoms with van der Waals surface area (Å²) in [6.45, 7) is 2.13. The average molecular weight is 370 g/mol. The van der Waals surface area contributed by atoms with Crippen molar-refractivity contribution in [3.05, 3.63) is 83.7 Å². The fraction of sp³-hybridized carbons (Fsp3) is 0.200. The van der Waals surface area contributed by atoms with Crippen LogP contribution in [0.2, 0.25) is 0 Å². The number of amides is 2. The number of carbonyl (C=O) groups is 1. The molecule has 2 N–H and O–H groups in total. The summed E-state index contributed by atoms with van der Waals surface area (Å²) in [5, 5.41) is 9.76. The van der Waals surface area contributed by atoms with E-state index in [9.17, 15) is 13.6 Å². The lowest BCUT2D eigenvalue weighted by Crippen LogP contribution is -2.38. The highest BCUT2D eigenvalue weighted by atomic mass is 19.2. The van der Waals surface area contributed by atoms with Gasteiger partial charge < -0.3 is 10.6 Å². The molecular formula is C20H20F2N4O. The number of hydrogen-bond acceptors (Lipinski definition) is 2. The predicted molar refractivity (Wildman–Crippen MR) is 98.6 cm³/mol. The van der Waals surface area contributed by atoms with Crippen LogP contribution < -0.4 is 10.6 Å². The summed E-state index contributed by atoms with van der Waals surface area (Å²) in [5.41, 5.74) is 2.45. The molecule has 0 radical (unpaired) electrons. The molecule has 2 aromatic carbocycles. The Bertz CT molecular complexity index is 911. The molecule has 0 fully saturated rings. The Morgan fingerprint density at radius 1 is 1.15 bits per heavy atom. The van der Waals surface area contributed by atoms with Crippen LogP contribution in [0.15, 0.2) is 60.9 Å². The molecule has 27 heavy (non-hydrogen) atoms. The van der Waals surface area contributed by atoms with E-state index >= 15 is 0 Å². The molecule has 0 aliphatic rings. The van der Waals surface area contributed by atoms with Crippen molar-refractivity contribution >= 4 is 6.03 Å². The lowest BCUT2D eigenvalue weighted by Gasteiger charge is -2.15. The Kier molecular flexibility index (Phi) is 5.80. The van der Waals surface area contributed by atoms with Gasteiger partial charge in [-0.15, -0.1) is 0 Å². The summed E-state index contributed by atoms with van der Waals surface area (Å²) in [6, 6.07) is 12.5. The van der Waals surface area contributed by atoms with Crippen molar-refractivity contribution in [2.45, 2.75) is 19.4 Å².